The number of rotatable bonds is 3. The minimum Gasteiger partial charge on any atom is -0.457 e. The highest BCUT2D eigenvalue weighted by Gasteiger charge is 2.20. The van der Waals surface area contributed by atoms with Crippen molar-refractivity contribution in [2.45, 2.75) is 12.5 Å². The number of hydrogen-bond donors (Lipinski definition) is 0. The third kappa shape index (κ3) is 2.96. The number of nitrogens with zero attached hydrogens (tertiary/aromatic N) is 1. The second-order valence-corrected chi connectivity index (χ2v) is 5.17. The number of oxime groups is 1. The molecule has 1 heterocycles. The van der Waals surface area contributed by atoms with Gasteiger partial charge in [0.2, 0.25) is 0 Å². The van der Waals surface area contributed by atoms with E-state index in [9.17, 15) is 0 Å². The van der Waals surface area contributed by atoms with Crippen LogP contribution in [0.2, 0.25) is 0 Å². The topological polar surface area (TPSA) is 30.8 Å². The van der Waals surface area contributed by atoms with Crippen molar-refractivity contribution in [1.82, 2.24) is 0 Å². The average molecular weight is 318 g/mol. The summed E-state index contributed by atoms with van der Waals surface area (Å²) in [5.74, 6) is 1.64. The quantitative estimate of drug-likeness (QED) is 0.825. The third-order valence-corrected chi connectivity index (χ3v) is 3.33. The van der Waals surface area contributed by atoms with Crippen LogP contribution in [0.5, 0.6) is 11.5 Å². The molecule has 0 N–H and O–H groups in total. The van der Waals surface area contributed by atoms with Gasteiger partial charge >= 0.3 is 0 Å². The largest absolute Gasteiger partial charge is 0.457 e. The Kier molecular flexibility index (Phi) is 3.51. The summed E-state index contributed by atoms with van der Waals surface area (Å²) in [6.07, 6.45) is 0.777. The van der Waals surface area contributed by atoms with E-state index in [2.05, 4.69) is 21.1 Å². The first-order valence-corrected chi connectivity index (χ1v) is 6.81. The van der Waals surface area contributed by atoms with E-state index >= 15 is 0 Å². The number of halogens is 1. The Morgan fingerprint density at radius 3 is 2.32 bits per heavy atom. The summed E-state index contributed by atoms with van der Waals surface area (Å²) in [7, 11) is 0. The molecule has 2 aromatic rings. The predicted octanol–water partition coefficient (Wildman–Crippen LogP) is 4.65. The smallest absolute Gasteiger partial charge is 0.158 e. The van der Waals surface area contributed by atoms with E-state index in [0.29, 0.717) is 0 Å². The summed E-state index contributed by atoms with van der Waals surface area (Å²) in [5.41, 5.74) is 1.10. The Morgan fingerprint density at radius 2 is 1.68 bits per heavy atom. The molecule has 2 aromatic carbocycles. The highest BCUT2D eigenvalue weighted by molar-refractivity contribution is 9.18. The van der Waals surface area contributed by atoms with Crippen LogP contribution in [0.3, 0.4) is 0 Å². The maximum atomic E-state index is 5.74. The van der Waals surface area contributed by atoms with Gasteiger partial charge in [0.05, 0.1) is 0 Å². The molecule has 0 spiro atoms. The summed E-state index contributed by atoms with van der Waals surface area (Å²) in [6, 6.07) is 17.6. The highest BCUT2D eigenvalue weighted by atomic mass is 79.9. The summed E-state index contributed by atoms with van der Waals surface area (Å²) in [5, 5.41) is 3.89. The monoisotopic (exact) mass is 317 g/mol. The normalized spacial score (nSPS) is 17.7. The molecule has 96 valence electrons. The zero-order valence-electron chi connectivity index (χ0n) is 10.1. The maximum absolute atomic E-state index is 5.74. The van der Waals surface area contributed by atoms with Crippen LogP contribution >= 0.6 is 15.9 Å². The van der Waals surface area contributed by atoms with Crippen molar-refractivity contribution in [1.29, 1.82) is 0 Å². The van der Waals surface area contributed by atoms with Crippen LogP contribution in [-0.4, -0.2) is 4.62 Å². The van der Waals surface area contributed by atoms with Crippen molar-refractivity contribution in [3.63, 3.8) is 0 Å². The van der Waals surface area contributed by atoms with E-state index in [-0.39, 0.29) is 6.10 Å². The van der Waals surface area contributed by atoms with Gasteiger partial charge in [0.1, 0.15) is 16.1 Å². The van der Waals surface area contributed by atoms with Crippen LogP contribution in [0, 0.1) is 0 Å². The first-order valence-electron chi connectivity index (χ1n) is 6.02. The molecule has 3 rings (SSSR count). The number of benzene rings is 2. The van der Waals surface area contributed by atoms with Crippen molar-refractivity contribution in [3.05, 3.63) is 60.2 Å². The molecule has 0 saturated heterocycles. The van der Waals surface area contributed by atoms with Crippen molar-refractivity contribution < 1.29 is 9.57 Å². The Labute approximate surface area is 120 Å². The predicted molar refractivity (Wildman–Crippen MR) is 77.8 cm³/mol. The van der Waals surface area contributed by atoms with Gasteiger partial charge in [-0.2, -0.15) is 0 Å². The molecule has 1 aliphatic heterocycles. The van der Waals surface area contributed by atoms with Gasteiger partial charge in [-0.25, -0.2) is 0 Å². The van der Waals surface area contributed by atoms with E-state index in [1.165, 1.54) is 0 Å². The first kappa shape index (κ1) is 12.2. The van der Waals surface area contributed by atoms with Crippen LogP contribution in [0.1, 0.15) is 18.1 Å². The molecule has 0 aromatic heterocycles. The standard InChI is InChI=1S/C15H12BrNO2/c16-15-10-14(19-17-15)11-6-8-13(9-7-11)18-12-4-2-1-3-5-12/h1-9,14H,10H2. The molecule has 0 radical (unpaired) electrons. The fourth-order valence-electron chi connectivity index (χ4n) is 1.90. The minimum absolute atomic E-state index is 0.000139. The first-order chi connectivity index (χ1) is 9.31. The molecule has 0 bridgehead atoms. The lowest BCUT2D eigenvalue weighted by Gasteiger charge is -2.10. The van der Waals surface area contributed by atoms with Gasteiger partial charge in [0.25, 0.3) is 0 Å². The molecule has 0 fully saturated rings. The molecule has 0 saturated carbocycles. The van der Waals surface area contributed by atoms with Crippen LogP contribution < -0.4 is 4.74 Å². The highest BCUT2D eigenvalue weighted by Crippen LogP contribution is 2.30. The van der Waals surface area contributed by atoms with Crippen LogP contribution in [0.15, 0.2) is 59.8 Å². The SMILES string of the molecule is BrC1=NOC(c2ccc(Oc3ccccc3)cc2)C1. The summed E-state index contributed by atoms with van der Waals surface area (Å²) < 4.78 is 6.59. The average Bonchev–Trinajstić information content (AvgIpc) is 2.87. The van der Waals surface area contributed by atoms with Gasteiger partial charge in [-0.05, 0) is 45.8 Å². The lowest BCUT2D eigenvalue weighted by molar-refractivity contribution is 0.0857. The summed E-state index contributed by atoms with van der Waals surface area (Å²) in [6.45, 7) is 0. The molecule has 19 heavy (non-hydrogen) atoms. The molecule has 1 atom stereocenters. The molecule has 0 amide bonds. The molecule has 1 unspecified atom stereocenters. The van der Waals surface area contributed by atoms with E-state index in [1.807, 2.05) is 54.6 Å². The maximum Gasteiger partial charge on any atom is 0.158 e. The number of ether oxygens (including phenoxy) is 1. The summed E-state index contributed by atoms with van der Waals surface area (Å²) in [4.78, 5) is 5.31. The number of para-hydroxylation sites is 1. The second-order valence-electron chi connectivity index (χ2n) is 4.25. The van der Waals surface area contributed by atoms with Gasteiger partial charge < -0.3 is 9.57 Å². The minimum atomic E-state index is 0.000139. The molecule has 0 aliphatic carbocycles. The van der Waals surface area contributed by atoms with Crippen molar-refractivity contribution in [2.75, 3.05) is 0 Å². The van der Waals surface area contributed by atoms with Gasteiger partial charge in [0, 0.05) is 6.42 Å². The Hall–Kier alpha value is -1.81. The fraction of sp³-hybridized carbons (Fsp3) is 0.133. The van der Waals surface area contributed by atoms with Crippen molar-refractivity contribution >= 4 is 20.6 Å². The van der Waals surface area contributed by atoms with Gasteiger partial charge in [-0.1, -0.05) is 35.5 Å². The van der Waals surface area contributed by atoms with Crippen molar-refractivity contribution in [2.24, 2.45) is 5.16 Å². The van der Waals surface area contributed by atoms with E-state index in [0.717, 1.165) is 28.1 Å². The number of hydrogen-bond acceptors (Lipinski definition) is 3. The van der Waals surface area contributed by atoms with Crippen LogP contribution in [-0.2, 0) is 4.84 Å². The second kappa shape index (κ2) is 5.45. The van der Waals surface area contributed by atoms with E-state index < -0.39 is 0 Å². The Bertz CT molecular complexity index is 581. The lowest BCUT2D eigenvalue weighted by atomic mass is 10.1. The molecular formula is C15H12BrNO2. The van der Waals surface area contributed by atoms with Gasteiger partial charge in [-0.15, -0.1) is 0 Å². The Balaban J connectivity index is 1.69. The van der Waals surface area contributed by atoms with Crippen LogP contribution in [0.25, 0.3) is 0 Å². The molecule has 1 aliphatic rings. The molecule has 4 heteroatoms. The van der Waals surface area contributed by atoms with Crippen molar-refractivity contribution in [3.8, 4) is 11.5 Å². The van der Waals surface area contributed by atoms with Crippen LogP contribution in [0.4, 0.5) is 0 Å². The molecule has 3 nitrogen and oxygen atoms in total. The molecular weight excluding hydrogens is 306 g/mol. The van der Waals surface area contributed by atoms with E-state index in [1.54, 1.807) is 0 Å². The summed E-state index contributed by atoms with van der Waals surface area (Å²) >= 11 is 3.33. The van der Waals surface area contributed by atoms with Gasteiger partial charge in [-0.3, -0.25) is 0 Å². The van der Waals surface area contributed by atoms with E-state index in [4.69, 9.17) is 9.57 Å². The van der Waals surface area contributed by atoms with Gasteiger partial charge in [0.15, 0.2) is 6.10 Å². The lowest BCUT2D eigenvalue weighted by Crippen LogP contribution is -1.96. The zero-order chi connectivity index (χ0) is 13.1. The Morgan fingerprint density at radius 1 is 1.00 bits per heavy atom. The third-order valence-electron chi connectivity index (χ3n) is 2.86. The fourth-order valence-corrected chi connectivity index (χ4v) is 2.28. The zero-order valence-corrected chi connectivity index (χ0v) is 11.7.